The number of aliphatic hydroxyl groups excluding tert-OH is 5. The van der Waals surface area contributed by atoms with E-state index in [1.807, 2.05) is 0 Å². The lowest BCUT2D eigenvalue weighted by Gasteiger charge is -2.41. The minimum atomic E-state index is -5.13. The molecule has 0 radical (unpaired) electrons. The molecule has 0 aromatic heterocycles. The molecule has 0 aromatic carbocycles. The van der Waals surface area contributed by atoms with Gasteiger partial charge >= 0.3 is 19.8 Å². The Kier molecular flexibility index (Phi) is 33.8. The Labute approximate surface area is 360 Å². The molecule has 0 aromatic rings. The highest BCUT2D eigenvalue weighted by Gasteiger charge is 2.51. The number of allylic oxidation sites excluding steroid dienone is 8. The Balaban J connectivity index is 2.49. The van der Waals surface area contributed by atoms with Gasteiger partial charge in [-0.05, 0) is 51.4 Å². The molecule has 14 heteroatoms. The van der Waals surface area contributed by atoms with E-state index in [0.717, 1.165) is 64.2 Å². The second kappa shape index (κ2) is 36.3. The Morgan fingerprint density at radius 3 is 1.45 bits per heavy atom. The first-order valence-electron chi connectivity index (χ1n) is 22.9. The minimum Gasteiger partial charge on any atom is -0.462 e. The number of hydrogen-bond acceptors (Lipinski definition) is 12. The van der Waals surface area contributed by atoms with Gasteiger partial charge in [0.1, 0.15) is 43.2 Å². The summed E-state index contributed by atoms with van der Waals surface area (Å²) in [6.45, 7) is 3.15. The molecule has 0 heterocycles. The highest BCUT2D eigenvalue weighted by molar-refractivity contribution is 7.47. The van der Waals surface area contributed by atoms with E-state index in [4.69, 9.17) is 18.5 Å². The van der Waals surface area contributed by atoms with Crippen molar-refractivity contribution in [1.82, 2.24) is 0 Å². The lowest BCUT2D eigenvalue weighted by atomic mass is 9.85. The Hall–Kier alpha value is -2.19. The molecule has 0 aliphatic heterocycles. The van der Waals surface area contributed by atoms with Crippen molar-refractivity contribution in [1.29, 1.82) is 0 Å². The van der Waals surface area contributed by atoms with Gasteiger partial charge in [0.15, 0.2) is 6.10 Å². The Morgan fingerprint density at radius 1 is 0.533 bits per heavy atom. The van der Waals surface area contributed by atoms with Gasteiger partial charge in [-0.1, -0.05) is 159 Å². The minimum absolute atomic E-state index is 0.0893. The Morgan fingerprint density at radius 2 is 0.950 bits per heavy atom. The van der Waals surface area contributed by atoms with Gasteiger partial charge in [0, 0.05) is 12.8 Å². The maximum atomic E-state index is 12.8. The van der Waals surface area contributed by atoms with Crippen LogP contribution >= 0.6 is 7.82 Å². The quantitative estimate of drug-likeness (QED) is 0.0149. The molecule has 1 fully saturated rings. The fourth-order valence-electron chi connectivity index (χ4n) is 6.75. The van der Waals surface area contributed by atoms with Gasteiger partial charge in [-0.3, -0.25) is 18.6 Å². The molecule has 1 aliphatic rings. The molecule has 1 saturated carbocycles. The number of hydrogen-bond donors (Lipinski definition) is 6. The molecule has 60 heavy (non-hydrogen) atoms. The average molecular weight is 873 g/mol. The molecular weight excluding hydrogens is 791 g/mol. The molecule has 0 saturated heterocycles. The highest BCUT2D eigenvalue weighted by atomic mass is 31.2. The van der Waals surface area contributed by atoms with Crippen LogP contribution in [0.25, 0.3) is 0 Å². The van der Waals surface area contributed by atoms with E-state index in [9.17, 15) is 44.6 Å². The number of unbranched alkanes of at least 4 members (excludes halogenated alkanes) is 17. The average Bonchev–Trinajstić information content (AvgIpc) is 3.23. The summed E-state index contributed by atoms with van der Waals surface area (Å²) in [6.07, 6.45) is 28.8. The summed E-state index contributed by atoms with van der Waals surface area (Å²) in [5.41, 5.74) is 0. The van der Waals surface area contributed by atoms with Crippen molar-refractivity contribution in [3.63, 3.8) is 0 Å². The third kappa shape index (κ3) is 28.4. The predicted molar refractivity (Wildman–Crippen MR) is 235 cm³/mol. The predicted octanol–water partition coefficient (Wildman–Crippen LogP) is 8.78. The van der Waals surface area contributed by atoms with Crippen molar-refractivity contribution in [3.8, 4) is 0 Å². The van der Waals surface area contributed by atoms with Gasteiger partial charge in [0.2, 0.25) is 0 Å². The zero-order valence-electron chi connectivity index (χ0n) is 36.7. The highest BCUT2D eigenvalue weighted by Crippen LogP contribution is 2.47. The molecule has 0 bridgehead atoms. The molecule has 0 spiro atoms. The van der Waals surface area contributed by atoms with Crippen molar-refractivity contribution in [3.05, 3.63) is 48.6 Å². The van der Waals surface area contributed by atoms with Gasteiger partial charge in [-0.15, -0.1) is 0 Å². The summed E-state index contributed by atoms with van der Waals surface area (Å²) >= 11 is 0. The van der Waals surface area contributed by atoms with E-state index in [1.165, 1.54) is 70.6 Å². The molecule has 348 valence electrons. The molecular formula is C46H81O13P. The largest absolute Gasteiger partial charge is 0.472 e. The SMILES string of the molecule is CC/C=C\C/C=C\C/C=C\C/C=C\CCCCC(=O)OC[C@H](COP(=O)(O)OC1C(O)C(O)C(O)[C@@H](O)C1O)OC(=O)CCCCCCCCCCCCCCCCCC. The number of carbonyl (C=O) groups is 2. The fraction of sp³-hybridized carbons (Fsp3) is 0.783. The lowest BCUT2D eigenvalue weighted by Crippen LogP contribution is -2.64. The molecule has 8 atom stereocenters. The van der Waals surface area contributed by atoms with E-state index in [2.05, 4.69) is 62.5 Å². The molecule has 6 N–H and O–H groups in total. The van der Waals surface area contributed by atoms with E-state index in [0.29, 0.717) is 12.8 Å². The van der Waals surface area contributed by atoms with Gasteiger partial charge in [0.25, 0.3) is 0 Å². The molecule has 6 unspecified atom stereocenters. The molecule has 1 aliphatic carbocycles. The normalized spacial score (nSPS) is 22.6. The summed E-state index contributed by atoms with van der Waals surface area (Å²) in [6, 6.07) is 0. The van der Waals surface area contributed by atoms with Gasteiger partial charge in [-0.25, -0.2) is 4.57 Å². The van der Waals surface area contributed by atoms with Crippen molar-refractivity contribution >= 4 is 19.8 Å². The van der Waals surface area contributed by atoms with Crippen LogP contribution in [0.2, 0.25) is 0 Å². The van der Waals surface area contributed by atoms with Crippen LogP contribution in [0.4, 0.5) is 0 Å². The van der Waals surface area contributed by atoms with Crippen molar-refractivity contribution in [2.75, 3.05) is 13.2 Å². The second-order valence-electron chi connectivity index (χ2n) is 15.9. The number of phosphoric ester groups is 1. The number of esters is 2. The summed E-state index contributed by atoms with van der Waals surface area (Å²) in [7, 11) is -5.13. The summed E-state index contributed by atoms with van der Waals surface area (Å²) in [5.74, 6) is -1.15. The molecule has 1 rings (SSSR count). The number of ether oxygens (including phenoxy) is 2. The van der Waals surface area contributed by atoms with Crippen molar-refractivity contribution < 1.29 is 63.1 Å². The van der Waals surface area contributed by atoms with Crippen LogP contribution in [0.5, 0.6) is 0 Å². The second-order valence-corrected chi connectivity index (χ2v) is 17.3. The standard InChI is InChI=1S/C46H81O13P/c1-3-5-7-9-11-13-15-17-19-21-23-25-27-29-31-33-35-40(48)58-38(37-57-60(54,55)59-46-44(52)42(50)41(49)43(51)45(46)53)36-56-39(47)34-32-30-28-26-24-22-20-18-16-14-12-10-8-6-4-2/h6,8,12,14,18,20,24,26,38,41-46,49-53H,3-5,7,9-11,13,15-17,19,21-23,25,27-37H2,1-2H3,(H,54,55)/b8-6-,14-12-,20-18-,26-24-/t38-,41?,42-,43?,44?,45?,46?/m1/s1. The molecule has 13 nitrogen and oxygen atoms in total. The van der Waals surface area contributed by atoms with Crippen LogP contribution in [-0.2, 0) is 32.7 Å². The van der Waals surface area contributed by atoms with E-state index >= 15 is 0 Å². The Bertz CT molecular complexity index is 1240. The third-order valence-corrected chi connectivity index (χ3v) is 11.4. The zero-order chi connectivity index (χ0) is 44.3. The molecule has 0 amide bonds. The first-order valence-corrected chi connectivity index (χ1v) is 24.4. The van der Waals surface area contributed by atoms with E-state index in [-0.39, 0.29) is 12.8 Å². The van der Waals surface area contributed by atoms with Crippen molar-refractivity contribution in [2.45, 2.75) is 217 Å². The first-order chi connectivity index (χ1) is 28.9. The maximum Gasteiger partial charge on any atom is 0.472 e. The third-order valence-electron chi connectivity index (χ3n) is 10.4. The summed E-state index contributed by atoms with van der Waals surface area (Å²) in [4.78, 5) is 35.7. The first kappa shape index (κ1) is 55.8. The van der Waals surface area contributed by atoms with Crippen LogP contribution in [0, 0.1) is 0 Å². The topological polar surface area (TPSA) is 210 Å². The number of rotatable bonds is 37. The van der Waals surface area contributed by atoms with Crippen LogP contribution in [0.3, 0.4) is 0 Å². The smallest absolute Gasteiger partial charge is 0.462 e. The zero-order valence-corrected chi connectivity index (χ0v) is 37.6. The number of carbonyl (C=O) groups excluding carboxylic acids is 2. The van der Waals surface area contributed by atoms with E-state index < -0.39 is 75.7 Å². The summed E-state index contributed by atoms with van der Waals surface area (Å²) in [5, 5.41) is 50.1. The van der Waals surface area contributed by atoms with Crippen LogP contribution in [0.1, 0.15) is 174 Å². The fourth-order valence-corrected chi connectivity index (χ4v) is 7.72. The maximum absolute atomic E-state index is 12.8. The van der Waals surface area contributed by atoms with Crippen LogP contribution < -0.4 is 0 Å². The van der Waals surface area contributed by atoms with Crippen LogP contribution in [0.15, 0.2) is 48.6 Å². The monoisotopic (exact) mass is 873 g/mol. The van der Waals surface area contributed by atoms with Crippen LogP contribution in [-0.4, -0.2) is 98.3 Å². The van der Waals surface area contributed by atoms with Gasteiger partial charge < -0.3 is 39.9 Å². The summed E-state index contributed by atoms with van der Waals surface area (Å²) < 4.78 is 33.5. The van der Waals surface area contributed by atoms with E-state index in [1.54, 1.807) is 0 Å². The van der Waals surface area contributed by atoms with Gasteiger partial charge in [0.05, 0.1) is 6.61 Å². The van der Waals surface area contributed by atoms with Gasteiger partial charge in [-0.2, -0.15) is 0 Å². The van der Waals surface area contributed by atoms with Crippen molar-refractivity contribution in [2.24, 2.45) is 0 Å². The number of phosphoric acid groups is 1. The lowest BCUT2D eigenvalue weighted by molar-refractivity contribution is -0.220. The number of aliphatic hydroxyl groups is 5.